The van der Waals surface area contributed by atoms with E-state index in [1.165, 1.54) is 0 Å². The van der Waals surface area contributed by atoms with Crippen molar-refractivity contribution in [2.24, 2.45) is 0 Å². The number of hydrogen-bond donors (Lipinski definition) is 1. The second kappa shape index (κ2) is 6.22. The normalized spacial score (nSPS) is 17.0. The van der Waals surface area contributed by atoms with Crippen molar-refractivity contribution in [3.05, 3.63) is 29.8 Å². The lowest BCUT2D eigenvalue weighted by Gasteiger charge is -2.25. The van der Waals surface area contributed by atoms with E-state index in [0.717, 1.165) is 18.1 Å². The molecule has 1 N–H and O–H groups in total. The first-order valence-corrected chi connectivity index (χ1v) is 6.77. The standard InChI is InChI=1S/C13H16O4S/c1-2-17-13(15)12(14)9-3-5-10(6-4-9)18-11-7-16-8-11/h3-6,11-12,14H,2,7-8H2,1H3. The molecule has 98 valence electrons. The van der Waals surface area contributed by atoms with Gasteiger partial charge in [-0.25, -0.2) is 4.79 Å². The van der Waals surface area contributed by atoms with Crippen molar-refractivity contribution in [2.45, 2.75) is 23.2 Å². The molecule has 0 saturated carbocycles. The van der Waals surface area contributed by atoms with Crippen LogP contribution in [-0.2, 0) is 14.3 Å². The van der Waals surface area contributed by atoms with Crippen molar-refractivity contribution in [3.63, 3.8) is 0 Å². The minimum absolute atomic E-state index is 0.269. The summed E-state index contributed by atoms with van der Waals surface area (Å²) in [5, 5.41) is 10.3. The quantitative estimate of drug-likeness (QED) is 0.825. The van der Waals surface area contributed by atoms with Crippen molar-refractivity contribution < 1.29 is 19.4 Å². The highest BCUT2D eigenvalue weighted by Gasteiger charge is 2.21. The highest BCUT2D eigenvalue weighted by molar-refractivity contribution is 8.00. The summed E-state index contributed by atoms with van der Waals surface area (Å²) in [7, 11) is 0. The number of ether oxygens (including phenoxy) is 2. The molecule has 1 aliphatic rings. The zero-order chi connectivity index (χ0) is 13.0. The van der Waals surface area contributed by atoms with Crippen LogP contribution in [0.25, 0.3) is 0 Å². The van der Waals surface area contributed by atoms with Crippen molar-refractivity contribution in [1.82, 2.24) is 0 Å². The van der Waals surface area contributed by atoms with Gasteiger partial charge in [0.05, 0.1) is 25.1 Å². The van der Waals surface area contributed by atoms with Gasteiger partial charge in [0.1, 0.15) is 0 Å². The van der Waals surface area contributed by atoms with Crippen LogP contribution in [0.4, 0.5) is 0 Å². The van der Waals surface area contributed by atoms with Crippen LogP contribution in [0.15, 0.2) is 29.2 Å². The molecular weight excluding hydrogens is 252 g/mol. The number of thioether (sulfide) groups is 1. The third-order valence-corrected chi connectivity index (χ3v) is 3.77. The molecule has 1 aromatic rings. The van der Waals surface area contributed by atoms with Crippen molar-refractivity contribution >= 4 is 17.7 Å². The smallest absolute Gasteiger partial charge is 0.339 e. The molecule has 0 aromatic heterocycles. The van der Waals surface area contributed by atoms with Gasteiger partial charge in [-0.1, -0.05) is 12.1 Å². The van der Waals surface area contributed by atoms with Crippen LogP contribution in [0.3, 0.4) is 0 Å². The van der Waals surface area contributed by atoms with Gasteiger partial charge in [0.15, 0.2) is 6.10 Å². The lowest BCUT2D eigenvalue weighted by molar-refractivity contribution is -0.153. The summed E-state index contributed by atoms with van der Waals surface area (Å²) in [4.78, 5) is 12.5. The number of benzene rings is 1. The molecule has 18 heavy (non-hydrogen) atoms. The molecule has 1 unspecified atom stereocenters. The molecule has 0 amide bonds. The lowest BCUT2D eigenvalue weighted by Crippen LogP contribution is -2.29. The van der Waals surface area contributed by atoms with E-state index in [-0.39, 0.29) is 6.61 Å². The average molecular weight is 268 g/mol. The topological polar surface area (TPSA) is 55.8 Å². The van der Waals surface area contributed by atoms with E-state index in [4.69, 9.17) is 9.47 Å². The molecule has 5 heteroatoms. The fourth-order valence-electron chi connectivity index (χ4n) is 1.56. The Balaban J connectivity index is 1.95. The van der Waals surface area contributed by atoms with E-state index < -0.39 is 12.1 Å². The van der Waals surface area contributed by atoms with Gasteiger partial charge in [-0.3, -0.25) is 0 Å². The molecule has 0 spiro atoms. The Labute approximate surface area is 110 Å². The zero-order valence-electron chi connectivity index (χ0n) is 10.2. The maximum Gasteiger partial charge on any atom is 0.339 e. The molecule has 2 rings (SSSR count). The molecule has 0 bridgehead atoms. The second-order valence-corrected chi connectivity index (χ2v) is 5.37. The van der Waals surface area contributed by atoms with Crippen LogP contribution in [0, 0.1) is 0 Å². The maximum atomic E-state index is 11.4. The van der Waals surface area contributed by atoms with Crippen molar-refractivity contribution in [3.8, 4) is 0 Å². The van der Waals surface area contributed by atoms with Crippen LogP contribution in [0.5, 0.6) is 0 Å². The molecular formula is C13H16O4S. The van der Waals surface area contributed by atoms with Gasteiger partial charge >= 0.3 is 5.97 Å². The summed E-state index contributed by atoms with van der Waals surface area (Å²) < 4.78 is 9.87. The summed E-state index contributed by atoms with van der Waals surface area (Å²) in [6.07, 6.45) is -1.20. The van der Waals surface area contributed by atoms with Gasteiger partial charge < -0.3 is 14.6 Å². The van der Waals surface area contributed by atoms with Crippen molar-refractivity contribution in [1.29, 1.82) is 0 Å². The van der Waals surface area contributed by atoms with E-state index in [0.29, 0.717) is 10.8 Å². The first-order chi connectivity index (χ1) is 8.70. The van der Waals surface area contributed by atoms with Gasteiger partial charge in [0, 0.05) is 4.90 Å². The Bertz CT molecular complexity index is 400. The minimum Gasteiger partial charge on any atom is -0.464 e. The molecule has 1 aliphatic heterocycles. The summed E-state index contributed by atoms with van der Waals surface area (Å²) in [6, 6.07) is 7.31. The van der Waals surface area contributed by atoms with Crippen LogP contribution in [-0.4, -0.2) is 36.1 Å². The highest BCUT2D eigenvalue weighted by atomic mass is 32.2. The van der Waals surface area contributed by atoms with Gasteiger partial charge in [0.25, 0.3) is 0 Å². The molecule has 1 atom stereocenters. The maximum absolute atomic E-state index is 11.4. The molecule has 0 aliphatic carbocycles. The largest absolute Gasteiger partial charge is 0.464 e. The fourth-order valence-corrected chi connectivity index (χ4v) is 2.57. The average Bonchev–Trinajstić information content (AvgIpc) is 2.34. The van der Waals surface area contributed by atoms with E-state index in [2.05, 4.69) is 0 Å². The first-order valence-electron chi connectivity index (χ1n) is 5.89. The van der Waals surface area contributed by atoms with Crippen LogP contribution >= 0.6 is 11.8 Å². The predicted octanol–water partition coefficient (Wildman–Crippen LogP) is 1.77. The van der Waals surface area contributed by atoms with Gasteiger partial charge in [-0.15, -0.1) is 11.8 Å². The number of esters is 1. The van der Waals surface area contributed by atoms with Gasteiger partial charge in [0.2, 0.25) is 0 Å². The Morgan fingerprint density at radius 3 is 2.67 bits per heavy atom. The Morgan fingerprint density at radius 1 is 1.50 bits per heavy atom. The summed E-state index contributed by atoms with van der Waals surface area (Å²) in [5.41, 5.74) is 0.558. The molecule has 1 saturated heterocycles. The zero-order valence-corrected chi connectivity index (χ0v) is 11.0. The summed E-state index contributed by atoms with van der Waals surface area (Å²) in [5.74, 6) is -0.606. The van der Waals surface area contributed by atoms with Gasteiger partial charge in [-0.05, 0) is 24.6 Å². The second-order valence-electron chi connectivity index (χ2n) is 4.00. The Morgan fingerprint density at radius 2 is 2.17 bits per heavy atom. The summed E-state index contributed by atoms with van der Waals surface area (Å²) in [6.45, 7) is 3.56. The molecule has 0 radical (unpaired) electrons. The van der Waals surface area contributed by atoms with Crippen LogP contribution < -0.4 is 0 Å². The third-order valence-electron chi connectivity index (χ3n) is 2.62. The summed E-state index contributed by atoms with van der Waals surface area (Å²) >= 11 is 1.75. The minimum atomic E-state index is -1.20. The van der Waals surface area contributed by atoms with E-state index >= 15 is 0 Å². The van der Waals surface area contributed by atoms with Crippen LogP contribution in [0.1, 0.15) is 18.6 Å². The molecule has 1 fully saturated rings. The van der Waals surface area contributed by atoms with Crippen LogP contribution in [0.2, 0.25) is 0 Å². The van der Waals surface area contributed by atoms with Crippen molar-refractivity contribution in [2.75, 3.05) is 19.8 Å². The number of rotatable bonds is 5. The molecule has 1 heterocycles. The predicted molar refractivity (Wildman–Crippen MR) is 68.5 cm³/mol. The Kier molecular flexibility index (Phi) is 4.63. The van der Waals surface area contributed by atoms with E-state index in [9.17, 15) is 9.90 Å². The number of hydrogen-bond acceptors (Lipinski definition) is 5. The highest BCUT2D eigenvalue weighted by Crippen LogP contribution is 2.29. The number of carbonyl (C=O) groups excluding carboxylic acids is 1. The number of aliphatic hydroxyl groups excluding tert-OH is 1. The fraction of sp³-hybridized carbons (Fsp3) is 0.462. The van der Waals surface area contributed by atoms with Gasteiger partial charge in [-0.2, -0.15) is 0 Å². The van der Waals surface area contributed by atoms with E-state index in [1.807, 2.05) is 12.1 Å². The molecule has 1 aromatic carbocycles. The number of aliphatic hydroxyl groups is 1. The Hall–Kier alpha value is -1.04. The monoisotopic (exact) mass is 268 g/mol. The lowest BCUT2D eigenvalue weighted by atomic mass is 10.1. The SMILES string of the molecule is CCOC(=O)C(O)c1ccc(SC2COC2)cc1. The van der Waals surface area contributed by atoms with E-state index in [1.54, 1.807) is 30.8 Å². The third kappa shape index (κ3) is 3.25. The number of carbonyl (C=O) groups is 1. The first kappa shape index (κ1) is 13.4. The molecule has 4 nitrogen and oxygen atoms in total.